The smallest absolute Gasteiger partial charge is 0.410 e. The van der Waals surface area contributed by atoms with E-state index < -0.39 is 23.6 Å². The van der Waals surface area contributed by atoms with E-state index in [-0.39, 0.29) is 37.2 Å². The number of anilines is 1. The Morgan fingerprint density at radius 3 is 2.47 bits per heavy atom. The zero-order valence-corrected chi connectivity index (χ0v) is 25.4. The van der Waals surface area contributed by atoms with E-state index in [0.29, 0.717) is 37.2 Å². The number of carbonyl (C=O) groups is 5. The summed E-state index contributed by atoms with van der Waals surface area (Å²) in [6.07, 6.45) is 7.07. The second kappa shape index (κ2) is 15.9. The lowest BCUT2D eigenvalue weighted by Crippen LogP contribution is -2.52. The maximum Gasteiger partial charge on any atom is 0.410 e. The van der Waals surface area contributed by atoms with Crippen molar-refractivity contribution in [3.63, 3.8) is 0 Å². The molecule has 0 bridgehead atoms. The maximum absolute atomic E-state index is 12.8. The molecule has 5 amide bonds. The van der Waals surface area contributed by atoms with E-state index in [9.17, 15) is 24.0 Å². The second-order valence-electron chi connectivity index (χ2n) is 12.0. The van der Waals surface area contributed by atoms with Gasteiger partial charge in [0.15, 0.2) is 0 Å². The molecule has 1 fully saturated rings. The van der Waals surface area contributed by atoms with Crippen molar-refractivity contribution in [3.8, 4) is 0 Å². The van der Waals surface area contributed by atoms with Gasteiger partial charge in [-0.1, -0.05) is 37.2 Å². The van der Waals surface area contributed by atoms with Crippen molar-refractivity contribution >= 4 is 35.4 Å². The van der Waals surface area contributed by atoms with Crippen LogP contribution < -0.4 is 10.6 Å². The largest absolute Gasteiger partial charge is 0.444 e. The predicted molar refractivity (Wildman–Crippen MR) is 160 cm³/mol. The van der Waals surface area contributed by atoms with Gasteiger partial charge in [0.25, 0.3) is 5.91 Å². The Hall–Kier alpha value is -4.12. The summed E-state index contributed by atoms with van der Waals surface area (Å²) in [5.74, 6) is -1.10. The Labute approximate surface area is 252 Å². The number of piperidine rings is 1. The van der Waals surface area contributed by atoms with Gasteiger partial charge in [-0.05, 0) is 69.3 Å². The summed E-state index contributed by atoms with van der Waals surface area (Å²) in [6, 6.07) is 4.48. The number of benzene rings is 1. The molecule has 1 atom stereocenters. The predicted octanol–water partition coefficient (Wildman–Crippen LogP) is 5.05. The van der Waals surface area contributed by atoms with Crippen LogP contribution in [0.1, 0.15) is 101 Å². The molecule has 0 aromatic heterocycles. The molecule has 0 radical (unpaired) electrons. The van der Waals surface area contributed by atoms with Crippen molar-refractivity contribution in [3.05, 3.63) is 39.8 Å². The highest BCUT2D eigenvalue weighted by atomic mass is 16.6. The minimum Gasteiger partial charge on any atom is -0.444 e. The fourth-order valence-electron chi connectivity index (χ4n) is 5.18. The SMILES string of the molecule is CC(C)(C)OC(=O)N(CCCCCCCCCC(=O)Nc1ccc2c(c1)CN(C1CCC(=O)NC1=O)C2=O)CCN=[N+]=[N-]. The standard InChI is InChI=1S/C30H43N7O6/c1-30(2,3)43-29(42)36(18-16-32-35-31)17-10-8-6-4-5-7-9-11-25(38)33-22-12-13-23-21(19-22)20-37(28(23)41)24-14-15-26(39)34-27(24)40/h12-13,19,24H,4-11,14-18,20H2,1-3H3,(H,33,38)(H,34,39,40). The average Bonchev–Trinajstić information content (AvgIpc) is 3.25. The van der Waals surface area contributed by atoms with Crippen LogP contribution in [-0.4, -0.2) is 70.8 Å². The van der Waals surface area contributed by atoms with Crippen LogP contribution in [0.4, 0.5) is 10.5 Å². The van der Waals surface area contributed by atoms with E-state index in [0.717, 1.165) is 50.5 Å². The number of fused-ring (bicyclic) bond motifs is 1. The molecular weight excluding hydrogens is 554 g/mol. The van der Waals surface area contributed by atoms with Gasteiger partial charge >= 0.3 is 6.09 Å². The van der Waals surface area contributed by atoms with Crippen molar-refractivity contribution in [2.45, 2.75) is 103 Å². The molecule has 1 saturated heterocycles. The number of carbonyl (C=O) groups excluding carboxylic acids is 5. The number of nitrogens with zero attached hydrogens (tertiary/aromatic N) is 5. The lowest BCUT2D eigenvalue weighted by molar-refractivity contribution is -0.137. The highest BCUT2D eigenvalue weighted by Crippen LogP contribution is 2.29. The van der Waals surface area contributed by atoms with Gasteiger partial charge < -0.3 is 19.9 Å². The van der Waals surface area contributed by atoms with Crippen LogP contribution >= 0.6 is 0 Å². The van der Waals surface area contributed by atoms with E-state index in [4.69, 9.17) is 10.3 Å². The lowest BCUT2D eigenvalue weighted by Gasteiger charge is -2.29. The summed E-state index contributed by atoms with van der Waals surface area (Å²) in [4.78, 5) is 67.2. The van der Waals surface area contributed by atoms with E-state index in [1.54, 1.807) is 23.1 Å². The molecule has 13 heteroatoms. The summed E-state index contributed by atoms with van der Waals surface area (Å²) in [6.45, 7) is 6.79. The van der Waals surface area contributed by atoms with Crippen molar-refractivity contribution in [1.29, 1.82) is 0 Å². The maximum atomic E-state index is 12.8. The van der Waals surface area contributed by atoms with Crippen LogP contribution in [0, 0.1) is 0 Å². The molecule has 2 aliphatic heterocycles. The number of nitrogens with one attached hydrogen (secondary N) is 2. The molecule has 1 aromatic rings. The minimum absolute atomic E-state index is 0.0886. The van der Waals surface area contributed by atoms with Crippen LogP contribution in [0.2, 0.25) is 0 Å². The molecule has 3 rings (SSSR count). The first-order chi connectivity index (χ1) is 20.5. The van der Waals surface area contributed by atoms with Gasteiger partial charge in [0.1, 0.15) is 11.6 Å². The number of unbranched alkanes of at least 4 members (excludes halogenated alkanes) is 6. The van der Waals surface area contributed by atoms with Gasteiger partial charge in [-0.15, -0.1) is 0 Å². The monoisotopic (exact) mass is 597 g/mol. The Kier molecular flexibility index (Phi) is 12.4. The molecule has 13 nitrogen and oxygen atoms in total. The van der Waals surface area contributed by atoms with Gasteiger partial charge in [-0.3, -0.25) is 24.5 Å². The second-order valence-corrected chi connectivity index (χ2v) is 12.0. The molecule has 43 heavy (non-hydrogen) atoms. The fourth-order valence-corrected chi connectivity index (χ4v) is 5.18. The highest BCUT2D eigenvalue weighted by molar-refractivity contribution is 6.05. The summed E-state index contributed by atoms with van der Waals surface area (Å²) in [5.41, 5.74) is 9.78. The molecule has 234 valence electrons. The number of imide groups is 1. The van der Waals surface area contributed by atoms with Gasteiger partial charge in [-0.2, -0.15) is 0 Å². The van der Waals surface area contributed by atoms with E-state index in [1.807, 2.05) is 20.8 Å². The summed E-state index contributed by atoms with van der Waals surface area (Å²) >= 11 is 0. The topological polar surface area (TPSA) is 174 Å². The number of amides is 5. The average molecular weight is 598 g/mol. The van der Waals surface area contributed by atoms with Crippen LogP contribution in [0.15, 0.2) is 23.3 Å². The van der Waals surface area contributed by atoms with Crippen molar-refractivity contribution in [2.24, 2.45) is 5.11 Å². The van der Waals surface area contributed by atoms with E-state index >= 15 is 0 Å². The Balaban J connectivity index is 1.30. The van der Waals surface area contributed by atoms with Gasteiger partial charge in [0.2, 0.25) is 17.7 Å². The molecule has 0 saturated carbocycles. The lowest BCUT2D eigenvalue weighted by atomic mass is 10.0. The van der Waals surface area contributed by atoms with Crippen LogP contribution in [0.3, 0.4) is 0 Å². The third-order valence-corrected chi connectivity index (χ3v) is 7.32. The van der Waals surface area contributed by atoms with Gasteiger partial charge in [0.05, 0.1) is 0 Å². The van der Waals surface area contributed by atoms with Gasteiger partial charge in [0, 0.05) is 55.2 Å². The zero-order chi connectivity index (χ0) is 31.4. The minimum atomic E-state index is -0.669. The Morgan fingerprint density at radius 2 is 1.79 bits per heavy atom. The van der Waals surface area contributed by atoms with E-state index in [1.165, 1.54) is 4.90 Å². The number of ether oxygens (including phenoxy) is 1. The molecular formula is C30H43N7O6. The normalized spacial score (nSPS) is 16.3. The summed E-state index contributed by atoms with van der Waals surface area (Å²) < 4.78 is 5.45. The molecule has 2 heterocycles. The van der Waals surface area contributed by atoms with Crippen molar-refractivity contribution < 1.29 is 28.7 Å². The summed E-state index contributed by atoms with van der Waals surface area (Å²) in [7, 11) is 0. The van der Waals surface area contributed by atoms with Crippen LogP contribution in [0.25, 0.3) is 10.4 Å². The zero-order valence-electron chi connectivity index (χ0n) is 25.4. The van der Waals surface area contributed by atoms with Gasteiger partial charge in [-0.25, -0.2) is 4.79 Å². The molecule has 0 aliphatic carbocycles. The van der Waals surface area contributed by atoms with Crippen molar-refractivity contribution in [1.82, 2.24) is 15.1 Å². The molecule has 1 aromatic carbocycles. The van der Waals surface area contributed by atoms with Crippen LogP contribution in [0.5, 0.6) is 0 Å². The number of azide groups is 1. The third-order valence-electron chi connectivity index (χ3n) is 7.32. The van der Waals surface area contributed by atoms with Crippen LogP contribution in [-0.2, 0) is 25.7 Å². The molecule has 1 unspecified atom stereocenters. The third kappa shape index (κ3) is 10.6. The number of hydrogen-bond acceptors (Lipinski definition) is 7. The first kappa shape index (κ1) is 33.4. The fraction of sp³-hybridized carbons (Fsp3) is 0.633. The molecule has 2 N–H and O–H groups in total. The number of rotatable bonds is 15. The molecule has 2 aliphatic rings. The van der Waals surface area contributed by atoms with Crippen molar-refractivity contribution in [2.75, 3.05) is 25.0 Å². The Bertz CT molecular complexity index is 1240. The summed E-state index contributed by atoms with van der Waals surface area (Å²) in [5, 5.41) is 8.72. The number of hydrogen-bond donors (Lipinski definition) is 2. The highest BCUT2D eigenvalue weighted by Gasteiger charge is 2.39. The van der Waals surface area contributed by atoms with E-state index in [2.05, 4.69) is 20.7 Å². The first-order valence-corrected chi connectivity index (χ1v) is 15.0. The Morgan fingerprint density at radius 1 is 1.09 bits per heavy atom. The quantitative estimate of drug-likeness (QED) is 0.0940. The molecule has 0 spiro atoms. The first-order valence-electron chi connectivity index (χ1n) is 15.0.